The average molecular weight is 372 g/mol. The number of nitrogens with one attached hydrogen (secondary N) is 1. The van der Waals surface area contributed by atoms with Crippen LogP contribution in [0.2, 0.25) is 5.02 Å². The predicted octanol–water partition coefficient (Wildman–Crippen LogP) is 4.71. The van der Waals surface area contributed by atoms with Crippen molar-refractivity contribution >= 4 is 35.0 Å². The van der Waals surface area contributed by atoms with Crippen LogP contribution in [-0.4, -0.2) is 21.4 Å². The molecule has 0 aliphatic rings. The molecule has 2 aromatic carbocycles. The Morgan fingerprint density at radius 1 is 1.20 bits per heavy atom. The van der Waals surface area contributed by atoms with Crippen LogP contribution in [0.25, 0.3) is 5.69 Å². The first-order chi connectivity index (χ1) is 12.1. The number of carbonyl (C=O) groups is 1. The van der Waals surface area contributed by atoms with Gasteiger partial charge < -0.3 is 5.32 Å². The second kappa shape index (κ2) is 8.23. The molecule has 0 fully saturated rings. The van der Waals surface area contributed by atoms with E-state index in [0.717, 1.165) is 22.7 Å². The minimum Gasteiger partial charge on any atom is -0.325 e. The maximum absolute atomic E-state index is 12.1. The monoisotopic (exact) mass is 371 g/mol. The van der Waals surface area contributed by atoms with Crippen molar-refractivity contribution in [1.29, 1.82) is 0 Å². The molecular weight excluding hydrogens is 354 g/mol. The van der Waals surface area contributed by atoms with Gasteiger partial charge in [0.2, 0.25) is 5.91 Å². The topological polar surface area (TPSA) is 46.9 Å². The van der Waals surface area contributed by atoms with Crippen LogP contribution in [0, 0.1) is 6.92 Å². The Hall–Kier alpha value is -2.24. The molecule has 0 unspecified atom stereocenters. The third-order valence-electron chi connectivity index (χ3n) is 3.75. The molecule has 0 spiro atoms. The van der Waals surface area contributed by atoms with Crippen molar-refractivity contribution in [3.8, 4) is 5.69 Å². The summed E-state index contributed by atoms with van der Waals surface area (Å²) in [5.41, 5.74) is 3.85. The van der Waals surface area contributed by atoms with Crippen LogP contribution >= 0.6 is 23.4 Å². The normalized spacial score (nSPS) is 10.6. The predicted molar refractivity (Wildman–Crippen MR) is 105 cm³/mol. The molecule has 1 aromatic heterocycles. The second-order valence-corrected chi connectivity index (χ2v) is 6.96. The van der Waals surface area contributed by atoms with E-state index in [1.165, 1.54) is 5.56 Å². The molecule has 0 saturated heterocycles. The minimum absolute atomic E-state index is 0.0245. The molecule has 0 bridgehead atoms. The number of anilines is 1. The van der Waals surface area contributed by atoms with Crippen molar-refractivity contribution in [3.05, 3.63) is 77.1 Å². The van der Waals surface area contributed by atoms with Gasteiger partial charge in [-0.2, -0.15) is 5.10 Å². The van der Waals surface area contributed by atoms with E-state index in [1.54, 1.807) is 18.0 Å². The summed E-state index contributed by atoms with van der Waals surface area (Å²) < 4.78 is 1.82. The van der Waals surface area contributed by atoms with E-state index >= 15 is 0 Å². The van der Waals surface area contributed by atoms with Gasteiger partial charge in [0.05, 0.1) is 11.4 Å². The standard InChI is InChI=1S/C19H18ClN3OS/c1-14-17(20)4-2-5-18(14)22-19(24)13-25-12-15-6-8-16(9-7-15)23-11-3-10-21-23/h2-11H,12-13H2,1H3,(H,22,24). The van der Waals surface area contributed by atoms with Gasteiger partial charge >= 0.3 is 0 Å². The van der Waals surface area contributed by atoms with Crippen LogP contribution in [0.15, 0.2) is 60.9 Å². The van der Waals surface area contributed by atoms with Crippen molar-refractivity contribution in [1.82, 2.24) is 9.78 Å². The van der Waals surface area contributed by atoms with Gasteiger partial charge in [-0.05, 0) is 48.4 Å². The minimum atomic E-state index is -0.0245. The Kier molecular flexibility index (Phi) is 5.79. The highest BCUT2D eigenvalue weighted by Gasteiger charge is 2.07. The van der Waals surface area contributed by atoms with Gasteiger partial charge in [0.25, 0.3) is 0 Å². The summed E-state index contributed by atoms with van der Waals surface area (Å²) in [5, 5.41) is 7.77. The van der Waals surface area contributed by atoms with Gasteiger partial charge in [0.1, 0.15) is 0 Å². The van der Waals surface area contributed by atoms with Crippen LogP contribution < -0.4 is 5.32 Å². The number of amides is 1. The van der Waals surface area contributed by atoms with E-state index in [0.29, 0.717) is 10.8 Å². The zero-order chi connectivity index (χ0) is 17.6. The first-order valence-corrected chi connectivity index (χ1v) is 9.38. The smallest absolute Gasteiger partial charge is 0.234 e. The van der Waals surface area contributed by atoms with Crippen molar-refractivity contribution in [2.24, 2.45) is 0 Å². The van der Waals surface area contributed by atoms with E-state index in [1.807, 2.05) is 54.2 Å². The lowest BCUT2D eigenvalue weighted by Gasteiger charge is -2.09. The molecule has 1 N–H and O–H groups in total. The number of carbonyl (C=O) groups excluding carboxylic acids is 1. The lowest BCUT2D eigenvalue weighted by atomic mass is 10.2. The summed E-state index contributed by atoms with van der Waals surface area (Å²) >= 11 is 7.65. The zero-order valence-electron chi connectivity index (χ0n) is 13.8. The molecule has 25 heavy (non-hydrogen) atoms. The van der Waals surface area contributed by atoms with E-state index in [2.05, 4.69) is 22.5 Å². The van der Waals surface area contributed by atoms with E-state index in [-0.39, 0.29) is 5.91 Å². The molecule has 0 saturated carbocycles. The number of hydrogen-bond donors (Lipinski definition) is 1. The molecule has 1 heterocycles. The lowest BCUT2D eigenvalue weighted by molar-refractivity contribution is -0.113. The quantitative estimate of drug-likeness (QED) is 0.682. The summed E-state index contributed by atoms with van der Waals surface area (Å²) in [7, 11) is 0. The summed E-state index contributed by atoms with van der Waals surface area (Å²) in [4.78, 5) is 12.1. The van der Waals surface area contributed by atoms with Crippen LogP contribution in [0.3, 0.4) is 0 Å². The fourth-order valence-electron chi connectivity index (χ4n) is 2.36. The molecule has 4 nitrogen and oxygen atoms in total. The Morgan fingerprint density at radius 3 is 2.72 bits per heavy atom. The molecular formula is C19H18ClN3OS. The Balaban J connectivity index is 1.49. The molecule has 0 aliphatic carbocycles. The highest BCUT2D eigenvalue weighted by molar-refractivity contribution is 7.99. The van der Waals surface area contributed by atoms with Crippen molar-refractivity contribution in [3.63, 3.8) is 0 Å². The van der Waals surface area contributed by atoms with Crippen LogP contribution in [0.1, 0.15) is 11.1 Å². The van der Waals surface area contributed by atoms with Crippen LogP contribution in [-0.2, 0) is 10.5 Å². The number of nitrogens with zero attached hydrogens (tertiary/aromatic N) is 2. The van der Waals surface area contributed by atoms with E-state index < -0.39 is 0 Å². The van der Waals surface area contributed by atoms with Gasteiger partial charge in [-0.1, -0.05) is 29.8 Å². The first-order valence-electron chi connectivity index (χ1n) is 7.85. The fourth-order valence-corrected chi connectivity index (χ4v) is 3.32. The molecule has 0 aliphatic heterocycles. The molecule has 3 rings (SSSR count). The summed E-state index contributed by atoms with van der Waals surface area (Å²) in [5.74, 6) is 1.15. The highest BCUT2D eigenvalue weighted by Crippen LogP contribution is 2.23. The summed E-state index contributed by atoms with van der Waals surface area (Å²) in [6.45, 7) is 1.90. The molecule has 6 heteroatoms. The number of rotatable bonds is 6. The molecule has 128 valence electrons. The number of benzene rings is 2. The number of aromatic nitrogens is 2. The Labute approximate surface area is 156 Å². The number of thioether (sulfide) groups is 1. The second-order valence-electron chi connectivity index (χ2n) is 5.57. The maximum atomic E-state index is 12.1. The first kappa shape index (κ1) is 17.6. The van der Waals surface area contributed by atoms with Gasteiger partial charge in [-0.15, -0.1) is 11.8 Å². The fraction of sp³-hybridized carbons (Fsp3) is 0.158. The van der Waals surface area contributed by atoms with Gasteiger partial charge in [-0.3, -0.25) is 4.79 Å². The third-order valence-corrected chi connectivity index (χ3v) is 5.16. The average Bonchev–Trinajstić information content (AvgIpc) is 3.14. The van der Waals surface area contributed by atoms with Crippen LogP contribution in [0.4, 0.5) is 5.69 Å². The highest BCUT2D eigenvalue weighted by atomic mass is 35.5. The van der Waals surface area contributed by atoms with E-state index in [9.17, 15) is 4.79 Å². The lowest BCUT2D eigenvalue weighted by Crippen LogP contribution is -2.15. The molecule has 3 aromatic rings. The van der Waals surface area contributed by atoms with Crippen LogP contribution in [0.5, 0.6) is 0 Å². The summed E-state index contributed by atoms with van der Waals surface area (Å²) in [6, 6.07) is 15.6. The zero-order valence-corrected chi connectivity index (χ0v) is 15.3. The number of halogens is 1. The van der Waals surface area contributed by atoms with Crippen molar-refractivity contribution in [2.75, 3.05) is 11.1 Å². The van der Waals surface area contributed by atoms with Crippen molar-refractivity contribution < 1.29 is 4.79 Å². The van der Waals surface area contributed by atoms with Gasteiger partial charge in [0.15, 0.2) is 0 Å². The Bertz CT molecular complexity index is 848. The van der Waals surface area contributed by atoms with E-state index in [4.69, 9.17) is 11.6 Å². The molecule has 0 atom stereocenters. The van der Waals surface area contributed by atoms with Gasteiger partial charge in [0, 0.05) is 28.9 Å². The summed E-state index contributed by atoms with van der Waals surface area (Å²) in [6.07, 6.45) is 3.66. The maximum Gasteiger partial charge on any atom is 0.234 e. The molecule has 0 radical (unpaired) electrons. The third kappa shape index (κ3) is 4.65. The van der Waals surface area contributed by atoms with Crippen molar-refractivity contribution in [2.45, 2.75) is 12.7 Å². The largest absolute Gasteiger partial charge is 0.325 e. The SMILES string of the molecule is Cc1c(Cl)cccc1NC(=O)CSCc1ccc(-n2cccn2)cc1. The Morgan fingerprint density at radius 2 is 2.00 bits per heavy atom. The van der Waals surface area contributed by atoms with Gasteiger partial charge in [-0.25, -0.2) is 4.68 Å². The number of hydrogen-bond acceptors (Lipinski definition) is 3. The molecule has 1 amide bonds.